The van der Waals surface area contributed by atoms with Crippen LogP contribution in [0.15, 0.2) is 28.7 Å². The number of aromatic nitrogens is 3. The van der Waals surface area contributed by atoms with Crippen molar-refractivity contribution in [3.05, 3.63) is 52.8 Å². The average Bonchev–Trinajstić information content (AvgIpc) is 3.24. The van der Waals surface area contributed by atoms with E-state index in [2.05, 4.69) is 26.8 Å². The van der Waals surface area contributed by atoms with Crippen molar-refractivity contribution in [2.24, 2.45) is 5.92 Å². The lowest BCUT2D eigenvalue weighted by Crippen LogP contribution is -2.25. The zero-order chi connectivity index (χ0) is 20.8. The summed E-state index contributed by atoms with van der Waals surface area (Å²) in [4.78, 5) is 14.9. The molecule has 1 aliphatic heterocycles. The Labute approximate surface area is 167 Å². The Morgan fingerprint density at radius 2 is 1.97 bits per heavy atom. The molecule has 3 aromatic rings. The summed E-state index contributed by atoms with van der Waals surface area (Å²) < 4.78 is 44.6. The van der Waals surface area contributed by atoms with Crippen LogP contribution in [0.3, 0.4) is 0 Å². The third-order valence-electron chi connectivity index (χ3n) is 5.50. The highest BCUT2D eigenvalue weighted by molar-refractivity contribution is 5.67. The summed E-state index contributed by atoms with van der Waals surface area (Å²) in [7, 11) is 0. The van der Waals surface area contributed by atoms with Crippen molar-refractivity contribution in [1.29, 1.82) is 0 Å². The van der Waals surface area contributed by atoms with E-state index in [1.165, 1.54) is 6.07 Å². The Morgan fingerprint density at radius 1 is 1.17 bits per heavy atom. The molecule has 1 aliphatic rings. The minimum atomic E-state index is -4.42. The molecule has 0 bridgehead atoms. The normalized spacial score (nSPS) is 19.2. The van der Waals surface area contributed by atoms with E-state index in [4.69, 9.17) is 4.42 Å². The molecule has 5 nitrogen and oxygen atoms in total. The molecule has 1 saturated heterocycles. The minimum Gasteiger partial charge on any atom is -0.439 e. The third-order valence-corrected chi connectivity index (χ3v) is 5.50. The predicted octanol–water partition coefficient (Wildman–Crippen LogP) is 4.88. The molecule has 0 amide bonds. The second-order valence-corrected chi connectivity index (χ2v) is 7.82. The van der Waals surface area contributed by atoms with Gasteiger partial charge in [0.1, 0.15) is 5.69 Å². The number of hydrogen-bond acceptors (Lipinski definition) is 5. The molecule has 0 aromatic carbocycles. The van der Waals surface area contributed by atoms with Crippen LogP contribution in [0.4, 0.5) is 13.2 Å². The maximum atomic E-state index is 13.0. The molecule has 8 heteroatoms. The topological polar surface area (TPSA) is 55.1 Å². The van der Waals surface area contributed by atoms with Crippen molar-refractivity contribution in [3.8, 4) is 0 Å². The Kier molecular flexibility index (Phi) is 5.06. The Balaban J connectivity index is 1.45. The number of alkyl halides is 3. The van der Waals surface area contributed by atoms with Crippen LogP contribution in [-0.4, -0.2) is 32.9 Å². The van der Waals surface area contributed by atoms with Gasteiger partial charge in [-0.05, 0) is 69.0 Å². The van der Waals surface area contributed by atoms with Crippen molar-refractivity contribution in [1.82, 2.24) is 19.9 Å². The van der Waals surface area contributed by atoms with E-state index in [1.54, 1.807) is 19.9 Å². The summed E-state index contributed by atoms with van der Waals surface area (Å²) in [5, 5.41) is 0. The Hall–Kier alpha value is -2.48. The molecule has 1 fully saturated rings. The third kappa shape index (κ3) is 4.27. The molecule has 0 saturated carbocycles. The molecule has 2 atom stereocenters. The summed E-state index contributed by atoms with van der Waals surface area (Å²) in [5.41, 5.74) is 2.49. The summed E-state index contributed by atoms with van der Waals surface area (Å²) in [6, 6.07) is 6.88. The van der Waals surface area contributed by atoms with E-state index in [9.17, 15) is 13.2 Å². The summed E-state index contributed by atoms with van der Waals surface area (Å²) in [6.07, 6.45) is -2.86. The highest BCUT2D eigenvalue weighted by Gasteiger charge is 2.33. The number of halogens is 3. The number of pyridine rings is 2. The first kappa shape index (κ1) is 19.8. The van der Waals surface area contributed by atoms with Crippen molar-refractivity contribution < 1.29 is 17.6 Å². The maximum Gasteiger partial charge on any atom is 0.433 e. The molecule has 3 aromatic heterocycles. The molecule has 4 heterocycles. The van der Waals surface area contributed by atoms with Crippen LogP contribution >= 0.6 is 0 Å². The number of nitrogens with zero attached hydrogens (tertiary/aromatic N) is 4. The largest absolute Gasteiger partial charge is 0.439 e. The number of fused-ring (bicyclic) bond motifs is 1. The van der Waals surface area contributed by atoms with Crippen LogP contribution in [0.1, 0.15) is 47.9 Å². The molecule has 154 valence electrons. The fraction of sp³-hybridized carbons (Fsp3) is 0.476. The van der Waals surface area contributed by atoms with Gasteiger partial charge in [0.25, 0.3) is 0 Å². The summed E-state index contributed by atoms with van der Waals surface area (Å²) >= 11 is 0. The molecule has 0 radical (unpaired) electrons. The van der Waals surface area contributed by atoms with Gasteiger partial charge in [0.05, 0.1) is 5.69 Å². The van der Waals surface area contributed by atoms with Crippen LogP contribution in [0.2, 0.25) is 0 Å². The van der Waals surface area contributed by atoms with Gasteiger partial charge >= 0.3 is 6.18 Å². The van der Waals surface area contributed by atoms with Gasteiger partial charge in [-0.15, -0.1) is 0 Å². The van der Waals surface area contributed by atoms with Crippen LogP contribution in [0.5, 0.6) is 0 Å². The first-order chi connectivity index (χ1) is 13.7. The van der Waals surface area contributed by atoms with Crippen LogP contribution in [-0.2, 0) is 12.6 Å². The van der Waals surface area contributed by atoms with Crippen LogP contribution in [0.25, 0.3) is 11.2 Å². The zero-order valence-electron chi connectivity index (χ0n) is 16.6. The van der Waals surface area contributed by atoms with E-state index in [0.717, 1.165) is 25.2 Å². The average molecular weight is 404 g/mol. The summed E-state index contributed by atoms with van der Waals surface area (Å²) in [6.45, 7) is 7.21. The molecule has 0 N–H and O–H groups in total. The van der Waals surface area contributed by atoms with Crippen LogP contribution in [0, 0.1) is 19.8 Å². The van der Waals surface area contributed by atoms with Gasteiger partial charge in [-0.3, -0.25) is 4.90 Å². The minimum absolute atomic E-state index is 0.103. The van der Waals surface area contributed by atoms with E-state index >= 15 is 0 Å². The van der Waals surface area contributed by atoms with E-state index < -0.39 is 11.9 Å². The van der Waals surface area contributed by atoms with Crippen molar-refractivity contribution in [2.45, 2.75) is 45.8 Å². The fourth-order valence-electron chi connectivity index (χ4n) is 4.08. The highest BCUT2D eigenvalue weighted by Crippen LogP contribution is 2.32. The van der Waals surface area contributed by atoms with Gasteiger partial charge < -0.3 is 4.42 Å². The summed E-state index contributed by atoms with van der Waals surface area (Å²) in [5.74, 6) is 0.891. The molecular weight excluding hydrogens is 381 g/mol. The number of rotatable bonds is 4. The predicted molar refractivity (Wildman–Crippen MR) is 102 cm³/mol. The second kappa shape index (κ2) is 7.40. The number of hydrogen-bond donors (Lipinski definition) is 0. The molecule has 29 heavy (non-hydrogen) atoms. The standard InChI is InChI=1S/C21H23F3N4O/c1-12-8-16(10-19(25-12)21(22,23)24)9-15-6-7-28(11-15)13(2)17-4-5-18-20(27-17)26-14(3)29-18/h4-5,8,10,13,15H,6-7,9,11H2,1-3H3/t13?,15-/m1/s1. The molecule has 4 rings (SSSR count). The highest BCUT2D eigenvalue weighted by atomic mass is 19.4. The van der Waals surface area contributed by atoms with Gasteiger partial charge in [-0.25, -0.2) is 9.97 Å². The zero-order valence-corrected chi connectivity index (χ0v) is 16.6. The monoisotopic (exact) mass is 404 g/mol. The molecule has 0 aliphatic carbocycles. The van der Waals surface area contributed by atoms with E-state index in [0.29, 0.717) is 40.7 Å². The van der Waals surface area contributed by atoms with Gasteiger partial charge in [0, 0.05) is 25.2 Å². The maximum absolute atomic E-state index is 13.0. The SMILES string of the molecule is Cc1cc(C[C@H]2CCN(C(C)c3ccc4oc(C)nc4n3)C2)cc(C(F)(F)F)n1. The molecule has 1 unspecified atom stereocenters. The molecule has 0 spiro atoms. The second-order valence-electron chi connectivity index (χ2n) is 7.82. The van der Waals surface area contributed by atoms with E-state index in [-0.39, 0.29) is 6.04 Å². The van der Waals surface area contributed by atoms with E-state index in [1.807, 2.05) is 12.1 Å². The Morgan fingerprint density at radius 3 is 2.72 bits per heavy atom. The van der Waals surface area contributed by atoms with Crippen molar-refractivity contribution >= 4 is 11.2 Å². The smallest absolute Gasteiger partial charge is 0.433 e. The van der Waals surface area contributed by atoms with Gasteiger partial charge in [0.15, 0.2) is 17.1 Å². The number of likely N-dealkylation sites (tertiary alicyclic amines) is 1. The van der Waals surface area contributed by atoms with Gasteiger partial charge in [-0.1, -0.05) is 0 Å². The van der Waals surface area contributed by atoms with Crippen LogP contribution < -0.4 is 0 Å². The lowest BCUT2D eigenvalue weighted by molar-refractivity contribution is -0.141. The number of oxazole rings is 1. The lowest BCUT2D eigenvalue weighted by Gasteiger charge is -2.24. The van der Waals surface area contributed by atoms with Gasteiger partial charge in [0.2, 0.25) is 0 Å². The first-order valence-corrected chi connectivity index (χ1v) is 9.72. The van der Waals surface area contributed by atoms with Crippen molar-refractivity contribution in [2.75, 3.05) is 13.1 Å². The Bertz CT molecular complexity index is 1030. The van der Waals surface area contributed by atoms with Crippen molar-refractivity contribution in [3.63, 3.8) is 0 Å². The fourth-order valence-corrected chi connectivity index (χ4v) is 4.08. The van der Waals surface area contributed by atoms with Gasteiger partial charge in [-0.2, -0.15) is 18.2 Å². The first-order valence-electron chi connectivity index (χ1n) is 9.72. The quantitative estimate of drug-likeness (QED) is 0.620. The lowest BCUT2D eigenvalue weighted by atomic mass is 9.98. The number of aryl methyl sites for hydroxylation is 2. The molecular formula is C21H23F3N4O.